The topological polar surface area (TPSA) is 35.5 Å². The maximum Gasteiger partial charge on any atom is 0.193 e. The van der Waals surface area contributed by atoms with Crippen LogP contribution in [0.5, 0.6) is 11.5 Å². The average Bonchev–Trinajstić information content (AvgIpc) is 2.97. The fourth-order valence-electron chi connectivity index (χ4n) is 5.20. The van der Waals surface area contributed by atoms with Crippen LogP contribution in [0.4, 0.5) is 0 Å². The molecule has 4 aromatic carbocycles. The van der Waals surface area contributed by atoms with Gasteiger partial charge in [-0.3, -0.25) is 4.79 Å². The molecular formula is C35H40O3. The lowest BCUT2D eigenvalue weighted by Crippen LogP contribution is -2.05. The first-order valence-electron chi connectivity index (χ1n) is 14.0. The molecule has 0 fully saturated rings. The molecule has 0 radical (unpaired) electrons. The van der Waals surface area contributed by atoms with Crippen molar-refractivity contribution in [2.24, 2.45) is 0 Å². The van der Waals surface area contributed by atoms with Crippen LogP contribution in [0.15, 0.2) is 78.9 Å². The predicted octanol–water partition coefficient (Wildman–Crippen LogP) is 9.44. The lowest BCUT2D eigenvalue weighted by molar-refractivity contribution is 0.103. The van der Waals surface area contributed by atoms with Crippen molar-refractivity contribution in [1.82, 2.24) is 0 Å². The number of carbonyl (C=O) groups is 1. The molecule has 3 heteroatoms. The Labute approximate surface area is 227 Å². The SMILES string of the molecule is CCCCCCCCCCc1ccc(C(=O)c2cc(OC)ccc2-c2ccc(OC)c3ccccc23)cc1. The maximum absolute atomic E-state index is 13.8. The van der Waals surface area contributed by atoms with Gasteiger partial charge >= 0.3 is 0 Å². The largest absolute Gasteiger partial charge is 0.497 e. The number of methoxy groups -OCH3 is 2. The smallest absolute Gasteiger partial charge is 0.193 e. The van der Waals surface area contributed by atoms with E-state index in [2.05, 4.69) is 25.1 Å². The van der Waals surface area contributed by atoms with Crippen molar-refractivity contribution in [2.45, 2.75) is 64.7 Å². The van der Waals surface area contributed by atoms with Crippen molar-refractivity contribution in [1.29, 1.82) is 0 Å². The third-order valence-corrected chi connectivity index (χ3v) is 7.40. The van der Waals surface area contributed by atoms with E-state index in [0.29, 0.717) is 16.9 Å². The highest BCUT2D eigenvalue weighted by Crippen LogP contribution is 2.37. The molecule has 0 aromatic heterocycles. The van der Waals surface area contributed by atoms with Crippen molar-refractivity contribution in [3.05, 3.63) is 95.6 Å². The van der Waals surface area contributed by atoms with Gasteiger partial charge in [-0.25, -0.2) is 0 Å². The number of ether oxygens (including phenoxy) is 2. The quantitative estimate of drug-likeness (QED) is 0.126. The minimum Gasteiger partial charge on any atom is -0.497 e. The zero-order valence-electron chi connectivity index (χ0n) is 23.1. The highest BCUT2D eigenvalue weighted by atomic mass is 16.5. The Bertz CT molecular complexity index is 1340. The van der Waals surface area contributed by atoms with Crippen LogP contribution in [0, 0.1) is 0 Å². The van der Waals surface area contributed by atoms with Crippen LogP contribution in [0.2, 0.25) is 0 Å². The zero-order valence-corrected chi connectivity index (χ0v) is 23.1. The molecule has 3 nitrogen and oxygen atoms in total. The van der Waals surface area contributed by atoms with E-state index in [1.165, 1.54) is 56.9 Å². The second kappa shape index (κ2) is 13.8. The molecule has 38 heavy (non-hydrogen) atoms. The average molecular weight is 509 g/mol. The van der Waals surface area contributed by atoms with Gasteiger partial charge < -0.3 is 9.47 Å². The Kier molecular flexibility index (Phi) is 9.97. The molecule has 198 valence electrons. The Balaban J connectivity index is 1.52. The molecule has 4 rings (SSSR count). The number of unbranched alkanes of at least 4 members (excludes halogenated alkanes) is 7. The van der Waals surface area contributed by atoms with Crippen molar-refractivity contribution in [3.8, 4) is 22.6 Å². The van der Waals surface area contributed by atoms with Gasteiger partial charge in [-0.05, 0) is 59.2 Å². The molecule has 0 aliphatic rings. The summed E-state index contributed by atoms with van der Waals surface area (Å²) in [6.07, 6.45) is 11.6. The highest BCUT2D eigenvalue weighted by Gasteiger charge is 2.18. The molecule has 0 aliphatic carbocycles. The summed E-state index contributed by atoms with van der Waals surface area (Å²) in [6.45, 7) is 2.26. The van der Waals surface area contributed by atoms with Gasteiger partial charge in [-0.1, -0.05) is 106 Å². The van der Waals surface area contributed by atoms with Gasteiger partial charge in [0.25, 0.3) is 0 Å². The van der Waals surface area contributed by atoms with Gasteiger partial charge in [0.15, 0.2) is 5.78 Å². The van der Waals surface area contributed by atoms with E-state index >= 15 is 0 Å². The molecule has 0 amide bonds. The van der Waals surface area contributed by atoms with Crippen LogP contribution in [-0.2, 0) is 6.42 Å². The fraction of sp³-hybridized carbons (Fsp3) is 0.343. The molecule has 0 bridgehead atoms. The minimum absolute atomic E-state index is 0.00238. The van der Waals surface area contributed by atoms with E-state index in [1.807, 2.05) is 60.7 Å². The Hall–Kier alpha value is -3.59. The number of hydrogen-bond acceptors (Lipinski definition) is 3. The molecule has 0 saturated heterocycles. The third kappa shape index (κ3) is 6.64. The predicted molar refractivity (Wildman–Crippen MR) is 159 cm³/mol. The van der Waals surface area contributed by atoms with Crippen LogP contribution in [0.3, 0.4) is 0 Å². The van der Waals surface area contributed by atoms with Crippen LogP contribution < -0.4 is 9.47 Å². The lowest BCUT2D eigenvalue weighted by Gasteiger charge is -2.15. The summed E-state index contributed by atoms with van der Waals surface area (Å²) in [7, 11) is 3.31. The molecule has 0 N–H and O–H groups in total. The van der Waals surface area contributed by atoms with E-state index in [4.69, 9.17) is 9.47 Å². The van der Waals surface area contributed by atoms with E-state index < -0.39 is 0 Å². The van der Waals surface area contributed by atoms with Gasteiger partial charge in [0.2, 0.25) is 0 Å². The van der Waals surface area contributed by atoms with Gasteiger partial charge in [0, 0.05) is 16.5 Å². The maximum atomic E-state index is 13.8. The molecule has 0 unspecified atom stereocenters. The van der Waals surface area contributed by atoms with Crippen molar-refractivity contribution >= 4 is 16.6 Å². The summed E-state index contributed by atoms with van der Waals surface area (Å²) in [5.74, 6) is 1.48. The first-order valence-corrected chi connectivity index (χ1v) is 14.0. The molecule has 4 aromatic rings. The fourth-order valence-corrected chi connectivity index (χ4v) is 5.20. The van der Waals surface area contributed by atoms with E-state index in [1.54, 1.807) is 14.2 Å². The number of ketones is 1. The molecule has 0 spiro atoms. The highest BCUT2D eigenvalue weighted by molar-refractivity contribution is 6.15. The third-order valence-electron chi connectivity index (χ3n) is 7.40. The first-order chi connectivity index (χ1) is 18.7. The molecular weight excluding hydrogens is 468 g/mol. The van der Waals surface area contributed by atoms with Gasteiger partial charge in [0.05, 0.1) is 14.2 Å². The number of hydrogen-bond donors (Lipinski definition) is 0. The van der Waals surface area contributed by atoms with Gasteiger partial charge in [-0.2, -0.15) is 0 Å². The number of aryl methyl sites for hydroxylation is 1. The van der Waals surface area contributed by atoms with Gasteiger partial charge in [0.1, 0.15) is 11.5 Å². The Morgan fingerprint density at radius 1 is 0.658 bits per heavy atom. The van der Waals surface area contributed by atoms with Crippen LogP contribution >= 0.6 is 0 Å². The summed E-state index contributed by atoms with van der Waals surface area (Å²) in [5, 5.41) is 2.07. The summed E-state index contributed by atoms with van der Waals surface area (Å²) in [4.78, 5) is 13.8. The summed E-state index contributed by atoms with van der Waals surface area (Å²) >= 11 is 0. The zero-order chi connectivity index (χ0) is 26.7. The second-order valence-corrected chi connectivity index (χ2v) is 10.0. The number of rotatable bonds is 14. The number of carbonyl (C=O) groups excluding carboxylic acids is 1. The lowest BCUT2D eigenvalue weighted by atomic mass is 9.90. The number of benzene rings is 4. The van der Waals surface area contributed by atoms with Crippen molar-refractivity contribution < 1.29 is 14.3 Å². The Morgan fingerprint density at radius 2 is 1.32 bits per heavy atom. The molecule has 0 saturated carbocycles. The Morgan fingerprint density at radius 3 is 2.00 bits per heavy atom. The van der Waals surface area contributed by atoms with Crippen LogP contribution in [0.25, 0.3) is 21.9 Å². The minimum atomic E-state index is -0.00238. The van der Waals surface area contributed by atoms with Crippen molar-refractivity contribution in [3.63, 3.8) is 0 Å². The van der Waals surface area contributed by atoms with E-state index in [-0.39, 0.29) is 5.78 Å². The van der Waals surface area contributed by atoms with E-state index in [9.17, 15) is 4.79 Å². The number of fused-ring (bicyclic) bond motifs is 1. The van der Waals surface area contributed by atoms with Crippen molar-refractivity contribution in [2.75, 3.05) is 14.2 Å². The van der Waals surface area contributed by atoms with Gasteiger partial charge in [-0.15, -0.1) is 0 Å². The standard InChI is InChI=1S/C35H40O3/c1-4-5-6-7-8-9-10-11-14-26-17-19-27(20-18-26)35(36)33-25-28(37-2)21-22-31(33)30-23-24-34(38-3)32-16-13-12-15-29(30)32/h12-13,15-25H,4-11,14H2,1-3H3. The summed E-state index contributed by atoms with van der Waals surface area (Å²) in [5.41, 5.74) is 4.50. The summed E-state index contributed by atoms with van der Waals surface area (Å²) < 4.78 is 11.1. The van der Waals surface area contributed by atoms with Crippen LogP contribution in [0.1, 0.15) is 79.8 Å². The van der Waals surface area contributed by atoms with Crippen LogP contribution in [-0.4, -0.2) is 20.0 Å². The molecule has 0 aliphatic heterocycles. The first kappa shape index (κ1) is 27.4. The summed E-state index contributed by atoms with van der Waals surface area (Å²) in [6, 6.07) is 26.1. The molecule has 0 heterocycles. The monoisotopic (exact) mass is 508 g/mol. The molecule has 0 atom stereocenters. The second-order valence-electron chi connectivity index (χ2n) is 10.0. The van der Waals surface area contributed by atoms with E-state index in [0.717, 1.165) is 34.1 Å². The normalized spacial score (nSPS) is 11.0.